The van der Waals surface area contributed by atoms with E-state index in [1.807, 2.05) is 36.4 Å². The van der Waals surface area contributed by atoms with Crippen molar-refractivity contribution in [2.24, 2.45) is 0 Å². The van der Waals surface area contributed by atoms with Crippen LogP contribution in [0.2, 0.25) is 0 Å². The van der Waals surface area contributed by atoms with E-state index in [0.717, 1.165) is 28.7 Å². The summed E-state index contributed by atoms with van der Waals surface area (Å²) in [6.45, 7) is 0. The molecule has 31 heavy (non-hydrogen) atoms. The third kappa shape index (κ3) is 2.42. The number of hydrogen-bond donors (Lipinski definition) is 1. The van der Waals surface area contributed by atoms with Gasteiger partial charge in [0, 0.05) is 5.92 Å². The molecule has 0 heterocycles. The van der Waals surface area contributed by atoms with Gasteiger partial charge in [-0.05, 0) is 57.3 Å². The molecule has 4 aromatic carbocycles. The minimum atomic E-state index is -1.01. The minimum Gasteiger partial charge on any atom is -0.480 e. The van der Waals surface area contributed by atoms with Crippen LogP contribution < -0.4 is 0 Å². The van der Waals surface area contributed by atoms with Crippen LogP contribution in [0.4, 0.5) is 0 Å². The molecule has 1 N–H and O–H groups in total. The van der Waals surface area contributed by atoms with Gasteiger partial charge in [0.2, 0.25) is 0 Å². The Morgan fingerprint density at radius 3 is 1.55 bits per heavy atom. The van der Waals surface area contributed by atoms with Crippen molar-refractivity contribution in [2.45, 2.75) is 24.2 Å². The molecule has 2 nitrogen and oxygen atoms in total. The molecule has 2 heteroatoms. The molecule has 0 bridgehead atoms. The summed E-state index contributed by atoms with van der Waals surface area (Å²) in [5.74, 6) is -0.548. The van der Waals surface area contributed by atoms with Gasteiger partial charge < -0.3 is 5.11 Å². The predicted octanol–water partition coefficient (Wildman–Crippen LogP) is 6.63. The SMILES string of the molecule is O=C(O)C1(CCC2c3ccccc3-c3ccccc32)c2ccccc2-c2ccccc21. The molecule has 0 aliphatic heterocycles. The Morgan fingerprint density at radius 1 is 0.645 bits per heavy atom. The molecular formula is C29H22O2. The molecular weight excluding hydrogens is 380 g/mol. The van der Waals surface area contributed by atoms with Crippen LogP contribution in [0.15, 0.2) is 97.1 Å². The Balaban J connectivity index is 1.48. The number of carbonyl (C=O) groups is 1. The van der Waals surface area contributed by atoms with Gasteiger partial charge in [0.25, 0.3) is 0 Å². The van der Waals surface area contributed by atoms with E-state index in [1.165, 1.54) is 22.3 Å². The van der Waals surface area contributed by atoms with Gasteiger partial charge in [0.15, 0.2) is 0 Å². The van der Waals surface area contributed by atoms with Gasteiger partial charge in [0.1, 0.15) is 5.41 Å². The van der Waals surface area contributed by atoms with Crippen molar-refractivity contribution in [2.75, 3.05) is 0 Å². The standard InChI is InChI=1S/C29H22O2/c30-28(31)29(26-15-7-5-13-24(26)25-14-6-8-16-27(25)29)18-17-23-21-11-3-1-9-19(21)20-10-2-4-12-22(20)23/h1-16,23H,17-18H2,(H,30,31). The molecule has 2 aliphatic rings. The maximum atomic E-state index is 12.9. The second-order valence-electron chi connectivity index (χ2n) is 8.57. The van der Waals surface area contributed by atoms with Gasteiger partial charge >= 0.3 is 5.97 Å². The van der Waals surface area contributed by atoms with Crippen molar-refractivity contribution in [3.05, 3.63) is 119 Å². The number of hydrogen-bond acceptors (Lipinski definition) is 1. The molecule has 150 valence electrons. The summed E-state index contributed by atoms with van der Waals surface area (Å²) >= 11 is 0. The van der Waals surface area contributed by atoms with Gasteiger partial charge in [-0.2, -0.15) is 0 Å². The molecule has 0 atom stereocenters. The molecule has 0 spiro atoms. The lowest BCUT2D eigenvalue weighted by Gasteiger charge is -2.29. The second-order valence-corrected chi connectivity index (χ2v) is 8.57. The molecule has 2 aliphatic carbocycles. The Hall–Kier alpha value is -3.65. The zero-order valence-corrected chi connectivity index (χ0v) is 17.1. The third-order valence-corrected chi connectivity index (χ3v) is 7.20. The van der Waals surface area contributed by atoms with Crippen LogP contribution in [-0.2, 0) is 10.2 Å². The van der Waals surface area contributed by atoms with E-state index in [4.69, 9.17) is 0 Å². The maximum Gasteiger partial charge on any atom is 0.318 e. The van der Waals surface area contributed by atoms with Crippen molar-refractivity contribution in [3.63, 3.8) is 0 Å². The molecule has 0 saturated heterocycles. The lowest BCUT2D eigenvalue weighted by atomic mass is 9.72. The molecule has 0 amide bonds. The summed E-state index contributed by atoms with van der Waals surface area (Å²) in [6.07, 6.45) is 1.34. The minimum absolute atomic E-state index is 0.212. The van der Waals surface area contributed by atoms with Crippen molar-refractivity contribution in [1.82, 2.24) is 0 Å². The van der Waals surface area contributed by atoms with E-state index in [-0.39, 0.29) is 5.92 Å². The lowest BCUT2D eigenvalue weighted by Crippen LogP contribution is -2.35. The molecule has 0 aromatic heterocycles. The first-order valence-electron chi connectivity index (χ1n) is 10.8. The molecule has 6 rings (SSSR count). The van der Waals surface area contributed by atoms with E-state index in [9.17, 15) is 9.90 Å². The van der Waals surface area contributed by atoms with Crippen LogP contribution in [-0.4, -0.2) is 11.1 Å². The maximum absolute atomic E-state index is 12.9. The molecule has 0 radical (unpaired) electrons. The highest BCUT2D eigenvalue weighted by Crippen LogP contribution is 2.54. The van der Waals surface area contributed by atoms with Crippen LogP contribution in [0.5, 0.6) is 0 Å². The number of benzene rings is 4. The fraction of sp³-hybridized carbons (Fsp3) is 0.138. The second kappa shape index (κ2) is 6.68. The number of fused-ring (bicyclic) bond motifs is 6. The van der Waals surface area contributed by atoms with Crippen LogP contribution in [0.3, 0.4) is 0 Å². The largest absolute Gasteiger partial charge is 0.480 e. The highest BCUT2D eigenvalue weighted by Gasteiger charge is 2.49. The Morgan fingerprint density at radius 2 is 1.06 bits per heavy atom. The summed E-state index contributed by atoms with van der Waals surface area (Å²) in [7, 11) is 0. The van der Waals surface area contributed by atoms with Crippen molar-refractivity contribution >= 4 is 5.97 Å². The van der Waals surface area contributed by atoms with Crippen molar-refractivity contribution < 1.29 is 9.90 Å². The average molecular weight is 402 g/mol. The zero-order chi connectivity index (χ0) is 21.0. The molecule has 0 unspecified atom stereocenters. The Labute approximate surface area is 181 Å². The first-order valence-corrected chi connectivity index (χ1v) is 10.8. The summed E-state index contributed by atoms with van der Waals surface area (Å²) in [4.78, 5) is 12.9. The number of carboxylic acid groups (broad SMARTS) is 1. The van der Waals surface area contributed by atoms with Gasteiger partial charge in [-0.25, -0.2) is 0 Å². The van der Waals surface area contributed by atoms with E-state index < -0.39 is 11.4 Å². The van der Waals surface area contributed by atoms with Crippen LogP contribution in [0.25, 0.3) is 22.3 Å². The zero-order valence-electron chi connectivity index (χ0n) is 17.1. The molecule has 4 aromatic rings. The van der Waals surface area contributed by atoms with E-state index >= 15 is 0 Å². The Bertz CT molecular complexity index is 1240. The van der Waals surface area contributed by atoms with Crippen LogP contribution >= 0.6 is 0 Å². The third-order valence-electron chi connectivity index (χ3n) is 7.20. The summed E-state index contributed by atoms with van der Waals surface area (Å²) in [6, 6.07) is 33.1. The van der Waals surface area contributed by atoms with E-state index in [1.54, 1.807) is 0 Å². The van der Waals surface area contributed by atoms with Crippen LogP contribution in [0.1, 0.15) is 41.0 Å². The van der Waals surface area contributed by atoms with Gasteiger partial charge in [-0.1, -0.05) is 97.1 Å². The van der Waals surface area contributed by atoms with Gasteiger partial charge in [-0.3, -0.25) is 4.79 Å². The lowest BCUT2D eigenvalue weighted by molar-refractivity contribution is -0.142. The summed E-state index contributed by atoms with van der Waals surface area (Å²) < 4.78 is 0. The summed E-state index contributed by atoms with van der Waals surface area (Å²) in [5, 5.41) is 10.6. The Kier molecular flexibility index (Phi) is 3.91. The quantitative estimate of drug-likeness (QED) is 0.416. The first-order chi connectivity index (χ1) is 15.2. The predicted molar refractivity (Wildman–Crippen MR) is 123 cm³/mol. The first kappa shape index (κ1) is 18.1. The highest BCUT2D eigenvalue weighted by molar-refractivity contribution is 5.97. The van der Waals surface area contributed by atoms with Gasteiger partial charge in [0.05, 0.1) is 0 Å². The number of rotatable bonds is 4. The molecule has 0 fully saturated rings. The molecule has 0 saturated carbocycles. The fourth-order valence-electron chi connectivity index (χ4n) is 5.86. The summed E-state index contributed by atoms with van der Waals surface area (Å²) in [5.41, 5.74) is 8.10. The highest BCUT2D eigenvalue weighted by atomic mass is 16.4. The fourth-order valence-corrected chi connectivity index (χ4v) is 5.86. The topological polar surface area (TPSA) is 37.3 Å². The normalized spacial score (nSPS) is 15.1. The smallest absolute Gasteiger partial charge is 0.318 e. The van der Waals surface area contributed by atoms with Gasteiger partial charge in [-0.15, -0.1) is 0 Å². The van der Waals surface area contributed by atoms with E-state index in [2.05, 4.69) is 60.7 Å². The average Bonchev–Trinajstić information content (AvgIpc) is 3.29. The van der Waals surface area contributed by atoms with Crippen LogP contribution in [0, 0.1) is 0 Å². The van der Waals surface area contributed by atoms with Crippen molar-refractivity contribution in [1.29, 1.82) is 0 Å². The number of aliphatic carboxylic acids is 1. The number of carboxylic acids is 1. The van der Waals surface area contributed by atoms with E-state index in [0.29, 0.717) is 6.42 Å². The monoisotopic (exact) mass is 402 g/mol. The van der Waals surface area contributed by atoms with Crippen molar-refractivity contribution in [3.8, 4) is 22.3 Å².